The first-order valence-electron chi connectivity index (χ1n) is 9.57. The van der Waals surface area contributed by atoms with E-state index >= 15 is 0 Å². The fourth-order valence-corrected chi connectivity index (χ4v) is 4.70. The van der Waals surface area contributed by atoms with E-state index in [1.165, 1.54) is 0 Å². The van der Waals surface area contributed by atoms with Gasteiger partial charge in [0.2, 0.25) is 0 Å². The van der Waals surface area contributed by atoms with Crippen molar-refractivity contribution in [2.24, 2.45) is 0 Å². The minimum absolute atomic E-state index is 0.109. The maximum Gasteiger partial charge on any atom is 0.410 e. The fraction of sp³-hybridized carbons (Fsp3) is 0.600. The Hall–Kier alpha value is -2.24. The maximum absolute atomic E-state index is 12.7. The van der Waals surface area contributed by atoms with Crippen LogP contribution in [0.2, 0.25) is 0 Å². The molecule has 3 saturated heterocycles. The summed E-state index contributed by atoms with van der Waals surface area (Å²) in [6, 6.07) is 9.95. The second kappa shape index (κ2) is 6.82. The number of fused-ring (bicyclic) bond motifs is 2. The number of ether oxygens (including phenoxy) is 2. The number of amides is 2. The Morgan fingerprint density at radius 1 is 1.23 bits per heavy atom. The Labute approximate surface area is 154 Å². The number of carbonyl (C=O) groups is 2. The minimum atomic E-state index is -0.398. The van der Waals surface area contributed by atoms with Crippen molar-refractivity contribution in [2.45, 2.75) is 63.3 Å². The zero-order valence-corrected chi connectivity index (χ0v) is 15.2. The number of benzene rings is 1. The van der Waals surface area contributed by atoms with Gasteiger partial charge in [-0.1, -0.05) is 30.3 Å². The highest BCUT2D eigenvalue weighted by Gasteiger charge is 2.54. The van der Waals surface area contributed by atoms with Crippen LogP contribution in [0.3, 0.4) is 0 Å². The first-order chi connectivity index (χ1) is 12.6. The van der Waals surface area contributed by atoms with Crippen molar-refractivity contribution in [1.82, 2.24) is 9.80 Å². The average Bonchev–Trinajstić information content (AvgIpc) is 2.93. The summed E-state index contributed by atoms with van der Waals surface area (Å²) in [5, 5.41) is 0. The van der Waals surface area contributed by atoms with Gasteiger partial charge in [-0.15, -0.1) is 0 Å². The van der Waals surface area contributed by atoms with Crippen LogP contribution >= 0.6 is 0 Å². The topological polar surface area (TPSA) is 59.1 Å². The molecule has 1 unspecified atom stereocenters. The van der Waals surface area contributed by atoms with Crippen LogP contribution in [0.4, 0.5) is 9.59 Å². The van der Waals surface area contributed by atoms with Gasteiger partial charge in [-0.3, -0.25) is 0 Å². The van der Waals surface area contributed by atoms with Gasteiger partial charge < -0.3 is 19.3 Å². The van der Waals surface area contributed by atoms with Crippen LogP contribution in [0.1, 0.15) is 44.6 Å². The van der Waals surface area contributed by atoms with Gasteiger partial charge in [0.05, 0.1) is 0 Å². The van der Waals surface area contributed by atoms with E-state index in [2.05, 4.69) is 0 Å². The number of piperidine rings is 1. The molecule has 4 rings (SSSR count). The highest BCUT2D eigenvalue weighted by molar-refractivity contribution is 5.70. The predicted octanol–water partition coefficient (Wildman–Crippen LogP) is 3.55. The van der Waals surface area contributed by atoms with E-state index in [-0.39, 0.29) is 24.3 Å². The van der Waals surface area contributed by atoms with Gasteiger partial charge in [-0.05, 0) is 25.3 Å². The summed E-state index contributed by atoms with van der Waals surface area (Å²) >= 11 is 0. The van der Waals surface area contributed by atoms with Gasteiger partial charge >= 0.3 is 12.2 Å². The second-order valence-electron chi connectivity index (χ2n) is 7.62. The summed E-state index contributed by atoms with van der Waals surface area (Å²) in [5.74, 6) is 0. The quantitative estimate of drug-likeness (QED) is 0.829. The van der Waals surface area contributed by atoms with Crippen molar-refractivity contribution < 1.29 is 19.1 Å². The first-order valence-corrected chi connectivity index (χ1v) is 9.57. The van der Waals surface area contributed by atoms with E-state index in [1.807, 2.05) is 42.2 Å². The molecule has 3 aliphatic rings. The largest absolute Gasteiger partial charge is 0.445 e. The number of hydrogen-bond donors (Lipinski definition) is 0. The van der Waals surface area contributed by atoms with Crippen molar-refractivity contribution in [2.75, 3.05) is 13.1 Å². The number of nitrogens with zero attached hydrogens (tertiary/aromatic N) is 2. The SMILES string of the molecule is CCN1CCC2(C[C@H]3CC[C@@H](C2)N3C(=O)OCc2ccccc2)OC1=O. The normalized spacial score (nSPS) is 30.4. The highest BCUT2D eigenvalue weighted by Crippen LogP contribution is 2.46. The monoisotopic (exact) mass is 358 g/mol. The summed E-state index contributed by atoms with van der Waals surface area (Å²) in [7, 11) is 0. The molecule has 1 aromatic carbocycles. The molecule has 6 nitrogen and oxygen atoms in total. The van der Waals surface area contributed by atoms with Gasteiger partial charge in [-0.25, -0.2) is 9.59 Å². The molecule has 3 fully saturated rings. The molecule has 0 radical (unpaired) electrons. The van der Waals surface area contributed by atoms with E-state index < -0.39 is 5.60 Å². The smallest absolute Gasteiger partial charge is 0.410 e. The second-order valence-corrected chi connectivity index (χ2v) is 7.62. The molecule has 0 aliphatic carbocycles. The Morgan fingerprint density at radius 3 is 2.54 bits per heavy atom. The lowest BCUT2D eigenvalue weighted by Crippen LogP contribution is -2.59. The zero-order valence-electron chi connectivity index (χ0n) is 15.2. The van der Waals surface area contributed by atoms with Crippen LogP contribution in [-0.2, 0) is 16.1 Å². The van der Waals surface area contributed by atoms with E-state index in [0.29, 0.717) is 13.2 Å². The van der Waals surface area contributed by atoms with Crippen molar-refractivity contribution in [3.63, 3.8) is 0 Å². The Morgan fingerprint density at radius 2 is 1.92 bits per heavy atom. The Balaban J connectivity index is 1.39. The summed E-state index contributed by atoms with van der Waals surface area (Å²) in [6.07, 6.45) is 3.78. The number of rotatable bonds is 3. The van der Waals surface area contributed by atoms with Crippen molar-refractivity contribution in [3.05, 3.63) is 35.9 Å². The molecule has 3 atom stereocenters. The average molecular weight is 358 g/mol. The molecule has 140 valence electrons. The van der Waals surface area contributed by atoms with E-state index in [9.17, 15) is 9.59 Å². The molecule has 0 saturated carbocycles. The van der Waals surface area contributed by atoms with Crippen LogP contribution in [0.5, 0.6) is 0 Å². The third-order valence-electron chi connectivity index (χ3n) is 6.03. The van der Waals surface area contributed by atoms with Crippen molar-refractivity contribution in [1.29, 1.82) is 0 Å². The van der Waals surface area contributed by atoms with E-state index in [4.69, 9.17) is 9.47 Å². The number of hydrogen-bond acceptors (Lipinski definition) is 4. The molecule has 1 spiro atoms. The molecular formula is C20H26N2O4. The molecule has 2 amide bonds. The first kappa shape index (κ1) is 17.2. The maximum atomic E-state index is 12.7. The molecule has 26 heavy (non-hydrogen) atoms. The Bertz CT molecular complexity index is 664. The van der Waals surface area contributed by atoms with Gasteiger partial charge in [0, 0.05) is 44.4 Å². The van der Waals surface area contributed by atoms with Crippen molar-refractivity contribution in [3.8, 4) is 0 Å². The molecule has 3 aliphatic heterocycles. The third kappa shape index (κ3) is 3.13. The lowest BCUT2D eigenvalue weighted by atomic mass is 9.82. The standard InChI is InChI=1S/C20H26N2O4/c1-2-21-11-10-20(26-18(21)23)12-16-8-9-17(13-20)22(16)19(24)25-14-15-6-4-3-5-7-15/h3-7,16-17H,2,8-14H2,1H3/t16-,17+,20?. The van der Waals surface area contributed by atoms with Crippen LogP contribution in [0, 0.1) is 0 Å². The summed E-state index contributed by atoms with van der Waals surface area (Å²) in [6.45, 7) is 3.68. The fourth-order valence-electron chi connectivity index (χ4n) is 4.70. The molecule has 0 N–H and O–H groups in total. The van der Waals surface area contributed by atoms with E-state index in [0.717, 1.165) is 44.2 Å². The summed E-state index contributed by atoms with van der Waals surface area (Å²) < 4.78 is 11.4. The lowest BCUT2D eigenvalue weighted by Gasteiger charge is -2.48. The summed E-state index contributed by atoms with van der Waals surface area (Å²) in [5.41, 5.74) is 0.590. The number of carbonyl (C=O) groups excluding carboxylic acids is 2. The summed E-state index contributed by atoms with van der Waals surface area (Å²) in [4.78, 5) is 28.5. The van der Waals surface area contributed by atoms with Gasteiger partial charge in [-0.2, -0.15) is 0 Å². The van der Waals surface area contributed by atoms with Crippen LogP contribution in [0.25, 0.3) is 0 Å². The molecule has 6 heteroatoms. The Kier molecular flexibility index (Phi) is 4.51. The molecule has 1 aromatic rings. The molecule has 0 aromatic heterocycles. The van der Waals surface area contributed by atoms with Gasteiger partial charge in [0.25, 0.3) is 0 Å². The predicted molar refractivity (Wildman–Crippen MR) is 95.6 cm³/mol. The molecular weight excluding hydrogens is 332 g/mol. The van der Waals surface area contributed by atoms with Crippen molar-refractivity contribution >= 4 is 12.2 Å². The van der Waals surface area contributed by atoms with Crippen LogP contribution in [0.15, 0.2) is 30.3 Å². The minimum Gasteiger partial charge on any atom is -0.445 e. The third-order valence-corrected chi connectivity index (χ3v) is 6.03. The highest BCUT2D eigenvalue weighted by atomic mass is 16.6. The van der Waals surface area contributed by atoms with Crippen LogP contribution < -0.4 is 0 Å². The lowest BCUT2D eigenvalue weighted by molar-refractivity contribution is -0.0949. The molecule has 2 bridgehead atoms. The van der Waals surface area contributed by atoms with Gasteiger partial charge in [0.15, 0.2) is 0 Å². The van der Waals surface area contributed by atoms with E-state index in [1.54, 1.807) is 4.90 Å². The molecule has 3 heterocycles. The van der Waals surface area contributed by atoms with Gasteiger partial charge in [0.1, 0.15) is 12.2 Å². The van der Waals surface area contributed by atoms with Crippen LogP contribution in [-0.4, -0.2) is 52.8 Å². The zero-order chi connectivity index (χ0) is 18.1.